The first-order valence-electron chi connectivity index (χ1n) is 7.00. The molecule has 0 fully saturated rings. The zero-order valence-corrected chi connectivity index (χ0v) is 12.4. The van der Waals surface area contributed by atoms with Crippen LogP contribution in [-0.4, -0.2) is 24.8 Å². The summed E-state index contributed by atoms with van der Waals surface area (Å²) >= 11 is 0. The minimum Gasteiger partial charge on any atom is -0.497 e. The van der Waals surface area contributed by atoms with Crippen molar-refractivity contribution in [3.8, 4) is 5.75 Å². The molecule has 0 aliphatic heterocycles. The molecule has 1 N–H and O–H groups in total. The number of fused-ring (bicyclic) bond motifs is 1. The Morgan fingerprint density at radius 3 is 2.79 bits per heavy atom. The lowest BCUT2D eigenvalue weighted by atomic mass is 10.1. The van der Waals surface area contributed by atoms with Gasteiger partial charge in [0.05, 0.1) is 12.6 Å². The van der Waals surface area contributed by atoms with Crippen LogP contribution in [-0.2, 0) is 13.5 Å². The van der Waals surface area contributed by atoms with Crippen LogP contribution in [0.25, 0.3) is 10.9 Å². The SMILES string of the molecule is CCNCCCc1cn(C)c2c(C)cc(OC)cc12. The number of rotatable bonds is 6. The molecule has 0 radical (unpaired) electrons. The number of ether oxygens (including phenoxy) is 1. The average Bonchev–Trinajstić information content (AvgIpc) is 2.72. The number of benzene rings is 1. The maximum Gasteiger partial charge on any atom is 0.119 e. The van der Waals surface area contributed by atoms with Crippen LogP contribution < -0.4 is 10.1 Å². The van der Waals surface area contributed by atoms with E-state index in [9.17, 15) is 0 Å². The fraction of sp³-hybridized carbons (Fsp3) is 0.500. The van der Waals surface area contributed by atoms with Crippen molar-refractivity contribution < 1.29 is 4.74 Å². The molecular formula is C16H24N2O. The lowest BCUT2D eigenvalue weighted by Crippen LogP contribution is -2.14. The summed E-state index contributed by atoms with van der Waals surface area (Å²) in [5.74, 6) is 0.948. The van der Waals surface area contributed by atoms with Crippen molar-refractivity contribution in [1.82, 2.24) is 9.88 Å². The first-order valence-corrected chi connectivity index (χ1v) is 7.00. The van der Waals surface area contributed by atoms with Crippen molar-refractivity contribution in [2.45, 2.75) is 26.7 Å². The number of methoxy groups -OCH3 is 1. The van der Waals surface area contributed by atoms with Gasteiger partial charge in [0, 0.05) is 18.6 Å². The van der Waals surface area contributed by atoms with Crippen LogP contribution >= 0.6 is 0 Å². The molecule has 104 valence electrons. The second-order valence-corrected chi connectivity index (χ2v) is 5.06. The van der Waals surface area contributed by atoms with E-state index in [2.05, 4.69) is 49.1 Å². The molecule has 2 rings (SSSR count). The van der Waals surface area contributed by atoms with E-state index < -0.39 is 0 Å². The van der Waals surface area contributed by atoms with E-state index in [1.165, 1.54) is 28.5 Å². The molecule has 2 aromatic rings. The molecule has 1 aromatic carbocycles. The van der Waals surface area contributed by atoms with Crippen molar-refractivity contribution in [2.24, 2.45) is 7.05 Å². The second kappa shape index (κ2) is 6.11. The summed E-state index contributed by atoms with van der Waals surface area (Å²) in [7, 11) is 3.85. The summed E-state index contributed by atoms with van der Waals surface area (Å²) in [5.41, 5.74) is 4.01. The normalized spacial score (nSPS) is 11.2. The molecule has 0 spiro atoms. The highest BCUT2D eigenvalue weighted by molar-refractivity contribution is 5.88. The van der Waals surface area contributed by atoms with E-state index in [1.54, 1.807) is 7.11 Å². The van der Waals surface area contributed by atoms with Gasteiger partial charge in [0.25, 0.3) is 0 Å². The first-order chi connectivity index (χ1) is 9.17. The van der Waals surface area contributed by atoms with E-state index >= 15 is 0 Å². The Hall–Kier alpha value is -1.48. The minimum atomic E-state index is 0.948. The van der Waals surface area contributed by atoms with Gasteiger partial charge in [-0.25, -0.2) is 0 Å². The van der Waals surface area contributed by atoms with Crippen LogP contribution in [0.2, 0.25) is 0 Å². The number of aryl methyl sites for hydroxylation is 3. The van der Waals surface area contributed by atoms with Gasteiger partial charge in [-0.1, -0.05) is 6.92 Å². The molecule has 3 nitrogen and oxygen atoms in total. The maximum absolute atomic E-state index is 5.39. The Morgan fingerprint density at radius 2 is 2.11 bits per heavy atom. The summed E-state index contributed by atoms with van der Waals surface area (Å²) in [5, 5.41) is 4.71. The van der Waals surface area contributed by atoms with Gasteiger partial charge < -0.3 is 14.6 Å². The Bertz CT molecular complexity index is 557. The molecule has 0 aliphatic carbocycles. The lowest BCUT2D eigenvalue weighted by Gasteiger charge is -2.06. The van der Waals surface area contributed by atoms with Crippen LogP contribution in [0, 0.1) is 6.92 Å². The lowest BCUT2D eigenvalue weighted by molar-refractivity contribution is 0.415. The largest absolute Gasteiger partial charge is 0.497 e. The Labute approximate surface area is 115 Å². The third-order valence-corrected chi connectivity index (χ3v) is 3.61. The fourth-order valence-electron chi connectivity index (χ4n) is 2.72. The smallest absolute Gasteiger partial charge is 0.119 e. The Balaban J connectivity index is 2.30. The Kier molecular flexibility index (Phi) is 4.48. The predicted molar refractivity (Wildman–Crippen MR) is 81.1 cm³/mol. The van der Waals surface area contributed by atoms with E-state index in [-0.39, 0.29) is 0 Å². The van der Waals surface area contributed by atoms with Gasteiger partial charge in [0.1, 0.15) is 5.75 Å². The number of hydrogen-bond donors (Lipinski definition) is 1. The molecular weight excluding hydrogens is 236 g/mol. The van der Waals surface area contributed by atoms with Crippen LogP contribution in [0.5, 0.6) is 5.75 Å². The van der Waals surface area contributed by atoms with Gasteiger partial charge in [-0.2, -0.15) is 0 Å². The highest BCUT2D eigenvalue weighted by atomic mass is 16.5. The molecule has 0 aliphatic rings. The van der Waals surface area contributed by atoms with Crippen molar-refractivity contribution in [2.75, 3.05) is 20.2 Å². The topological polar surface area (TPSA) is 26.2 Å². The minimum absolute atomic E-state index is 0.948. The number of nitrogens with one attached hydrogen (secondary N) is 1. The molecule has 0 unspecified atom stereocenters. The molecule has 0 saturated carbocycles. The monoisotopic (exact) mass is 260 g/mol. The van der Waals surface area contributed by atoms with Crippen LogP contribution in [0.3, 0.4) is 0 Å². The molecule has 3 heteroatoms. The number of nitrogens with zero attached hydrogens (tertiary/aromatic N) is 1. The summed E-state index contributed by atoms with van der Waals surface area (Å²) in [6.07, 6.45) is 4.53. The molecule has 0 saturated heterocycles. The second-order valence-electron chi connectivity index (χ2n) is 5.06. The van der Waals surface area contributed by atoms with Crippen molar-refractivity contribution in [3.05, 3.63) is 29.5 Å². The third-order valence-electron chi connectivity index (χ3n) is 3.61. The van der Waals surface area contributed by atoms with Crippen LogP contribution in [0.1, 0.15) is 24.5 Å². The molecule has 19 heavy (non-hydrogen) atoms. The van der Waals surface area contributed by atoms with E-state index in [0.29, 0.717) is 0 Å². The van der Waals surface area contributed by atoms with Gasteiger partial charge in [-0.3, -0.25) is 0 Å². The van der Waals surface area contributed by atoms with Gasteiger partial charge >= 0.3 is 0 Å². The fourth-order valence-corrected chi connectivity index (χ4v) is 2.72. The highest BCUT2D eigenvalue weighted by Crippen LogP contribution is 2.29. The summed E-state index contributed by atoms with van der Waals surface area (Å²) < 4.78 is 7.62. The quantitative estimate of drug-likeness (QED) is 0.808. The van der Waals surface area contributed by atoms with Crippen LogP contribution in [0.15, 0.2) is 18.3 Å². The van der Waals surface area contributed by atoms with Gasteiger partial charge in [0.2, 0.25) is 0 Å². The summed E-state index contributed by atoms with van der Waals surface area (Å²) in [6, 6.07) is 4.26. The van der Waals surface area contributed by atoms with Crippen molar-refractivity contribution in [3.63, 3.8) is 0 Å². The summed E-state index contributed by atoms with van der Waals surface area (Å²) in [4.78, 5) is 0. The molecule has 1 aromatic heterocycles. The molecule has 0 bridgehead atoms. The zero-order valence-electron chi connectivity index (χ0n) is 12.4. The standard InChI is InChI=1S/C16H24N2O/c1-5-17-8-6-7-13-11-18(3)16-12(2)9-14(19-4)10-15(13)16/h9-11,17H,5-8H2,1-4H3. The zero-order chi connectivity index (χ0) is 13.8. The van der Waals surface area contributed by atoms with E-state index in [4.69, 9.17) is 4.74 Å². The first kappa shape index (κ1) is 13.9. The number of hydrogen-bond acceptors (Lipinski definition) is 2. The molecule has 1 heterocycles. The molecule has 0 amide bonds. The van der Waals surface area contributed by atoms with Crippen molar-refractivity contribution >= 4 is 10.9 Å². The molecule has 0 atom stereocenters. The number of aromatic nitrogens is 1. The van der Waals surface area contributed by atoms with Gasteiger partial charge in [-0.05, 0) is 56.1 Å². The maximum atomic E-state index is 5.39. The average molecular weight is 260 g/mol. The van der Waals surface area contributed by atoms with Crippen LogP contribution in [0.4, 0.5) is 0 Å². The Morgan fingerprint density at radius 1 is 1.32 bits per heavy atom. The predicted octanol–water partition coefficient (Wildman–Crippen LogP) is 3.04. The van der Waals surface area contributed by atoms with Crippen molar-refractivity contribution in [1.29, 1.82) is 0 Å². The van der Waals surface area contributed by atoms with E-state index in [0.717, 1.165) is 25.3 Å². The van der Waals surface area contributed by atoms with E-state index in [1.807, 2.05) is 0 Å². The highest BCUT2D eigenvalue weighted by Gasteiger charge is 2.10. The van der Waals surface area contributed by atoms with Gasteiger partial charge in [0.15, 0.2) is 0 Å². The third kappa shape index (κ3) is 2.92. The summed E-state index contributed by atoms with van der Waals surface area (Å²) in [6.45, 7) is 6.41. The van der Waals surface area contributed by atoms with Gasteiger partial charge in [-0.15, -0.1) is 0 Å².